The van der Waals surface area contributed by atoms with Crippen molar-refractivity contribution in [2.45, 2.75) is 6.54 Å². The van der Waals surface area contributed by atoms with E-state index in [0.717, 1.165) is 5.69 Å². The molecule has 0 radical (unpaired) electrons. The number of rotatable bonds is 5. The molecule has 0 aliphatic heterocycles. The number of benzene rings is 2. The number of carboxylic acid groups (broad SMARTS) is 1. The fourth-order valence-corrected chi connectivity index (χ4v) is 3.34. The third-order valence-electron chi connectivity index (χ3n) is 3.39. The van der Waals surface area contributed by atoms with Crippen molar-refractivity contribution in [2.75, 3.05) is 17.7 Å². The van der Waals surface area contributed by atoms with Crippen LogP contribution >= 0.6 is 11.3 Å². The van der Waals surface area contributed by atoms with E-state index in [4.69, 9.17) is 9.84 Å². The van der Waals surface area contributed by atoms with Crippen molar-refractivity contribution in [3.8, 4) is 5.75 Å². The van der Waals surface area contributed by atoms with Crippen LogP contribution in [0.25, 0.3) is 10.1 Å². The molecule has 0 saturated carbocycles. The summed E-state index contributed by atoms with van der Waals surface area (Å²) in [6.45, 7) is 0.703. The standard InChI is InChI=1S/C17H16N2O3S/c1-22-15-9-12(6-7-14(15)19-17(20)21)18-10-13-8-11-4-2-3-5-16(11)23-13/h2-9,18-19H,10H2,1H3,(H,20,21). The van der Waals surface area contributed by atoms with Gasteiger partial charge in [0, 0.05) is 27.9 Å². The molecule has 0 bridgehead atoms. The summed E-state index contributed by atoms with van der Waals surface area (Å²) < 4.78 is 6.49. The van der Waals surface area contributed by atoms with Crippen LogP contribution < -0.4 is 15.4 Å². The molecule has 0 saturated heterocycles. The molecule has 0 aliphatic rings. The summed E-state index contributed by atoms with van der Waals surface area (Å²) in [7, 11) is 1.51. The Labute approximate surface area is 137 Å². The van der Waals surface area contributed by atoms with E-state index in [1.807, 2.05) is 18.2 Å². The van der Waals surface area contributed by atoms with E-state index in [1.165, 1.54) is 22.1 Å². The first kappa shape index (κ1) is 15.2. The van der Waals surface area contributed by atoms with Gasteiger partial charge in [0.25, 0.3) is 0 Å². The van der Waals surface area contributed by atoms with Gasteiger partial charge >= 0.3 is 6.09 Å². The molecule has 0 unspecified atom stereocenters. The molecule has 2 aromatic carbocycles. The number of ether oxygens (including phenoxy) is 1. The van der Waals surface area contributed by atoms with Gasteiger partial charge in [0.05, 0.1) is 12.8 Å². The number of amides is 1. The Morgan fingerprint density at radius 1 is 1.22 bits per heavy atom. The average molecular weight is 328 g/mol. The van der Waals surface area contributed by atoms with Gasteiger partial charge in [-0.15, -0.1) is 11.3 Å². The maximum Gasteiger partial charge on any atom is 0.409 e. The second-order valence-corrected chi connectivity index (χ2v) is 6.12. The van der Waals surface area contributed by atoms with Crippen LogP contribution in [0, 0.1) is 0 Å². The molecule has 1 heterocycles. The normalized spacial score (nSPS) is 10.5. The highest BCUT2D eigenvalue weighted by atomic mass is 32.1. The van der Waals surface area contributed by atoms with Gasteiger partial charge in [-0.2, -0.15) is 0 Å². The van der Waals surface area contributed by atoms with Gasteiger partial charge in [0.1, 0.15) is 5.75 Å². The first-order chi connectivity index (χ1) is 11.2. The summed E-state index contributed by atoms with van der Waals surface area (Å²) in [6, 6.07) is 15.7. The van der Waals surface area contributed by atoms with Crippen LogP contribution in [0.2, 0.25) is 0 Å². The molecule has 3 N–H and O–H groups in total. The first-order valence-corrected chi connectivity index (χ1v) is 7.86. The molecule has 1 aromatic heterocycles. The Morgan fingerprint density at radius 3 is 2.78 bits per heavy atom. The Hall–Kier alpha value is -2.73. The van der Waals surface area contributed by atoms with Crippen LogP contribution in [0.15, 0.2) is 48.5 Å². The number of carbonyl (C=O) groups is 1. The maximum atomic E-state index is 10.7. The van der Waals surface area contributed by atoms with E-state index in [-0.39, 0.29) is 0 Å². The third-order valence-corrected chi connectivity index (χ3v) is 4.50. The van der Waals surface area contributed by atoms with Gasteiger partial charge in [-0.1, -0.05) is 18.2 Å². The Balaban J connectivity index is 1.73. The zero-order valence-electron chi connectivity index (χ0n) is 12.5. The minimum atomic E-state index is -1.12. The van der Waals surface area contributed by atoms with E-state index in [0.29, 0.717) is 18.0 Å². The molecule has 23 heavy (non-hydrogen) atoms. The predicted octanol–water partition coefficient (Wildman–Crippen LogP) is 4.61. The number of thiophene rings is 1. The van der Waals surface area contributed by atoms with Crippen molar-refractivity contribution in [3.05, 3.63) is 53.4 Å². The van der Waals surface area contributed by atoms with Crippen LogP contribution in [0.3, 0.4) is 0 Å². The van der Waals surface area contributed by atoms with E-state index < -0.39 is 6.09 Å². The molecule has 3 rings (SSSR count). The lowest BCUT2D eigenvalue weighted by Gasteiger charge is -2.11. The largest absolute Gasteiger partial charge is 0.494 e. The van der Waals surface area contributed by atoms with E-state index in [1.54, 1.807) is 23.5 Å². The molecule has 0 spiro atoms. The monoisotopic (exact) mass is 328 g/mol. The van der Waals surface area contributed by atoms with Crippen LogP contribution in [0.1, 0.15) is 4.88 Å². The average Bonchev–Trinajstić information content (AvgIpc) is 2.96. The zero-order valence-corrected chi connectivity index (χ0v) is 13.3. The number of methoxy groups -OCH3 is 1. The first-order valence-electron chi connectivity index (χ1n) is 7.05. The second-order valence-electron chi connectivity index (χ2n) is 4.95. The molecule has 1 amide bonds. The van der Waals surface area contributed by atoms with E-state index in [9.17, 15) is 4.79 Å². The molecule has 5 nitrogen and oxygen atoms in total. The van der Waals surface area contributed by atoms with Gasteiger partial charge in [-0.05, 0) is 29.7 Å². The summed E-state index contributed by atoms with van der Waals surface area (Å²) in [6.07, 6.45) is -1.12. The van der Waals surface area contributed by atoms with Crippen molar-refractivity contribution in [2.24, 2.45) is 0 Å². The number of fused-ring (bicyclic) bond motifs is 1. The molecular weight excluding hydrogens is 312 g/mol. The lowest BCUT2D eigenvalue weighted by Crippen LogP contribution is -2.08. The summed E-state index contributed by atoms with van der Waals surface area (Å²) >= 11 is 1.75. The third kappa shape index (κ3) is 3.54. The smallest absolute Gasteiger partial charge is 0.409 e. The lowest BCUT2D eigenvalue weighted by atomic mass is 10.2. The van der Waals surface area contributed by atoms with Crippen molar-refractivity contribution < 1.29 is 14.6 Å². The highest BCUT2D eigenvalue weighted by Crippen LogP contribution is 2.29. The minimum Gasteiger partial charge on any atom is -0.494 e. The highest BCUT2D eigenvalue weighted by molar-refractivity contribution is 7.19. The van der Waals surface area contributed by atoms with Crippen molar-refractivity contribution >= 4 is 38.9 Å². The van der Waals surface area contributed by atoms with Crippen molar-refractivity contribution in [1.29, 1.82) is 0 Å². The molecule has 0 aliphatic carbocycles. The number of nitrogens with one attached hydrogen (secondary N) is 2. The molecule has 0 fully saturated rings. The van der Waals surface area contributed by atoms with Crippen LogP contribution in [-0.2, 0) is 6.54 Å². The lowest BCUT2D eigenvalue weighted by molar-refractivity contribution is 0.209. The van der Waals surface area contributed by atoms with Crippen molar-refractivity contribution in [3.63, 3.8) is 0 Å². The number of anilines is 2. The van der Waals surface area contributed by atoms with Gasteiger partial charge < -0.3 is 15.2 Å². The van der Waals surface area contributed by atoms with Crippen molar-refractivity contribution in [1.82, 2.24) is 0 Å². The quantitative estimate of drug-likeness (QED) is 0.639. The van der Waals surface area contributed by atoms with E-state index in [2.05, 4.69) is 28.8 Å². The Morgan fingerprint density at radius 2 is 2.04 bits per heavy atom. The Bertz CT molecular complexity index is 812. The fraction of sp³-hybridized carbons (Fsp3) is 0.118. The second kappa shape index (κ2) is 6.58. The minimum absolute atomic E-state index is 0.424. The topological polar surface area (TPSA) is 70.6 Å². The maximum absolute atomic E-state index is 10.7. The van der Waals surface area contributed by atoms with E-state index >= 15 is 0 Å². The molecule has 0 atom stereocenters. The summed E-state index contributed by atoms with van der Waals surface area (Å²) in [5, 5.41) is 15.7. The zero-order chi connectivity index (χ0) is 16.2. The summed E-state index contributed by atoms with van der Waals surface area (Å²) in [5.74, 6) is 0.480. The molecule has 6 heteroatoms. The number of hydrogen-bond acceptors (Lipinski definition) is 4. The number of hydrogen-bond donors (Lipinski definition) is 3. The van der Waals surface area contributed by atoms with Gasteiger partial charge in [0.15, 0.2) is 0 Å². The van der Waals surface area contributed by atoms with Gasteiger partial charge in [-0.3, -0.25) is 5.32 Å². The summed E-state index contributed by atoms with van der Waals surface area (Å²) in [4.78, 5) is 12.0. The van der Waals surface area contributed by atoms with Crippen LogP contribution in [0.4, 0.5) is 16.2 Å². The Kier molecular flexibility index (Phi) is 4.34. The highest BCUT2D eigenvalue weighted by Gasteiger charge is 2.07. The van der Waals surface area contributed by atoms with Gasteiger partial charge in [0.2, 0.25) is 0 Å². The summed E-state index contributed by atoms with van der Waals surface area (Å²) in [5.41, 5.74) is 1.29. The van der Waals surface area contributed by atoms with Gasteiger partial charge in [-0.25, -0.2) is 4.79 Å². The van der Waals surface area contributed by atoms with Crippen LogP contribution in [0.5, 0.6) is 5.75 Å². The SMILES string of the molecule is COc1cc(NCc2cc3ccccc3s2)ccc1NC(=O)O. The fourth-order valence-electron chi connectivity index (χ4n) is 2.33. The molecule has 3 aromatic rings. The molecular formula is C17H16N2O3S. The van der Waals surface area contributed by atoms with Crippen LogP contribution in [-0.4, -0.2) is 18.3 Å². The predicted molar refractivity (Wildman–Crippen MR) is 93.8 cm³/mol. The molecule has 118 valence electrons.